The minimum atomic E-state index is 0.0692. The fraction of sp³-hybridized carbons (Fsp3) is 0.476. The van der Waals surface area contributed by atoms with Crippen molar-refractivity contribution in [3.05, 3.63) is 47.8 Å². The number of rotatable bonds is 3. The smallest absolute Gasteiger partial charge is 0.257 e. The lowest BCUT2D eigenvalue weighted by molar-refractivity contribution is 0.0629. The third-order valence-electron chi connectivity index (χ3n) is 5.56. The van der Waals surface area contributed by atoms with Crippen molar-refractivity contribution < 1.29 is 4.79 Å². The van der Waals surface area contributed by atoms with E-state index in [0.717, 1.165) is 37.2 Å². The fourth-order valence-electron chi connectivity index (χ4n) is 3.95. The van der Waals surface area contributed by atoms with Crippen molar-refractivity contribution in [3.8, 4) is 11.4 Å². The topological polar surface area (TPSA) is 49.3 Å². The van der Waals surface area contributed by atoms with Crippen molar-refractivity contribution >= 4 is 17.7 Å². The Morgan fingerprint density at radius 2 is 1.78 bits per heavy atom. The van der Waals surface area contributed by atoms with Gasteiger partial charge in [-0.25, -0.2) is 9.97 Å². The van der Waals surface area contributed by atoms with Gasteiger partial charge < -0.3 is 4.90 Å². The van der Waals surface area contributed by atoms with E-state index in [9.17, 15) is 4.79 Å². The summed E-state index contributed by atoms with van der Waals surface area (Å²) >= 11 is 2.05. The number of aromatic nitrogens is 2. The molecule has 142 valence electrons. The van der Waals surface area contributed by atoms with Gasteiger partial charge in [-0.15, -0.1) is 0 Å². The molecular formula is C21H26N4OS. The Morgan fingerprint density at radius 1 is 1.07 bits per heavy atom. The second-order valence-corrected chi connectivity index (χ2v) is 8.46. The van der Waals surface area contributed by atoms with Gasteiger partial charge in [0.05, 0.1) is 11.3 Å². The maximum atomic E-state index is 13.0. The first-order valence-electron chi connectivity index (χ1n) is 9.72. The molecule has 2 aromatic rings. The van der Waals surface area contributed by atoms with Crippen molar-refractivity contribution in [1.29, 1.82) is 0 Å². The maximum Gasteiger partial charge on any atom is 0.257 e. The van der Waals surface area contributed by atoms with Gasteiger partial charge in [0.1, 0.15) is 0 Å². The Balaban J connectivity index is 1.41. The summed E-state index contributed by atoms with van der Waals surface area (Å²) in [6, 6.07) is 10.5. The highest BCUT2D eigenvalue weighted by Crippen LogP contribution is 2.22. The molecule has 0 radical (unpaired) electrons. The summed E-state index contributed by atoms with van der Waals surface area (Å²) in [4.78, 5) is 26.6. The van der Waals surface area contributed by atoms with E-state index in [1.165, 1.54) is 24.6 Å². The molecule has 3 heterocycles. The summed E-state index contributed by atoms with van der Waals surface area (Å²) in [5.41, 5.74) is 2.35. The molecule has 0 unspecified atom stereocenters. The van der Waals surface area contributed by atoms with Crippen molar-refractivity contribution in [2.45, 2.75) is 25.8 Å². The van der Waals surface area contributed by atoms with E-state index in [1.807, 2.05) is 53.9 Å². The molecule has 0 atom stereocenters. The molecule has 27 heavy (non-hydrogen) atoms. The van der Waals surface area contributed by atoms with E-state index in [-0.39, 0.29) is 5.91 Å². The predicted octanol–water partition coefficient (Wildman–Crippen LogP) is 3.11. The third-order valence-corrected chi connectivity index (χ3v) is 6.50. The lowest BCUT2D eigenvalue weighted by atomic mass is 10.0. The molecule has 5 nitrogen and oxygen atoms in total. The zero-order chi connectivity index (χ0) is 18.6. The van der Waals surface area contributed by atoms with Gasteiger partial charge in [-0.2, -0.15) is 11.8 Å². The normalized spacial score (nSPS) is 19.2. The van der Waals surface area contributed by atoms with Crippen LogP contribution >= 0.6 is 11.8 Å². The van der Waals surface area contributed by atoms with Gasteiger partial charge in [0.25, 0.3) is 5.91 Å². The molecule has 4 rings (SSSR count). The van der Waals surface area contributed by atoms with Gasteiger partial charge in [0.15, 0.2) is 5.82 Å². The highest BCUT2D eigenvalue weighted by atomic mass is 32.2. The van der Waals surface area contributed by atoms with Crippen molar-refractivity contribution in [1.82, 2.24) is 19.8 Å². The Morgan fingerprint density at radius 3 is 2.44 bits per heavy atom. The standard InChI is InChI=1S/C21H26N4OS/c1-16-19(15-22-20(23-16)17-5-3-2-4-6-17)21(26)25-9-7-18(8-10-25)24-11-13-27-14-12-24/h2-6,15,18H,7-14H2,1H3. The minimum Gasteiger partial charge on any atom is -0.338 e. The zero-order valence-electron chi connectivity index (χ0n) is 15.8. The number of carbonyl (C=O) groups excluding carboxylic acids is 1. The molecule has 2 fully saturated rings. The second-order valence-electron chi connectivity index (χ2n) is 7.23. The zero-order valence-corrected chi connectivity index (χ0v) is 16.6. The number of thioether (sulfide) groups is 1. The molecular weight excluding hydrogens is 356 g/mol. The molecule has 2 aliphatic heterocycles. The monoisotopic (exact) mass is 382 g/mol. The largest absolute Gasteiger partial charge is 0.338 e. The fourth-order valence-corrected chi connectivity index (χ4v) is 4.88. The van der Waals surface area contributed by atoms with Crippen LogP contribution in [0.5, 0.6) is 0 Å². The van der Waals surface area contributed by atoms with Crippen LogP contribution in [0, 0.1) is 6.92 Å². The van der Waals surface area contributed by atoms with Gasteiger partial charge in [-0.1, -0.05) is 30.3 Å². The van der Waals surface area contributed by atoms with E-state index < -0.39 is 0 Å². The van der Waals surface area contributed by atoms with Crippen molar-refractivity contribution in [2.24, 2.45) is 0 Å². The molecule has 2 saturated heterocycles. The summed E-state index contributed by atoms with van der Waals surface area (Å²) in [5, 5.41) is 0. The Hall–Kier alpha value is -1.92. The number of hydrogen-bond donors (Lipinski definition) is 0. The lowest BCUT2D eigenvalue weighted by Gasteiger charge is -2.40. The van der Waals surface area contributed by atoms with Crippen molar-refractivity contribution in [3.63, 3.8) is 0 Å². The summed E-state index contributed by atoms with van der Waals surface area (Å²) in [5.74, 6) is 3.22. The average molecular weight is 383 g/mol. The number of benzene rings is 1. The van der Waals surface area contributed by atoms with Crippen LogP contribution in [-0.2, 0) is 0 Å². The number of aryl methyl sites for hydroxylation is 1. The average Bonchev–Trinajstić information content (AvgIpc) is 2.74. The van der Waals surface area contributed by atoms with E-state index in [4.69, 9.17) is 0 Å². The van der Waals surface area contributed by atoms with E-state index in [2.05, 4.69) is 14.9 Å². The van der Waals surface area contributed by atoms with Crippen LogP contribution in [0.15, 0.2) is 36.5 Å². The maximum absolute atomic E-state index is 13.0. The first-order chi connectivity index (χ1) is 13.2. The molecule has 1 aromatic carbocycles. The summed E-state index contributed by atoms with van der Waals surface area (Å²) in [7, 11) is 0. The SMILES string of the molecule is Cc1nc(-c2ccccc2)ncc1C(=O)N1CCC(N2CCSCC2)CC1. The lowest BCUT2D eigenvalue weighted by Crippen LogP contribution is -2.49. The molecule has 6 heteroatoms. The van der Waals surface area contributed by atoms with Gasteiger partial charge in [0, 0.05) is 55.5 Å². The van der Waals surface area contributed by atoms with Crippen LogP contribution in [0.1, 0.15) is 28.9 Å². The van der Waals surface area contributed by atoms with Crippen LogP contribution in [0.3, 0.4) is 0 Å². The van der Waals surface area contributed by atoms with E-state index in [0.29, 0.717) is 17.4 Å². The van der Waals surface area contributed by atoms with Crippen LogP contribution in [-0.4, -0.2) is 69.4 Å². The van der Waals surface area contributed by atoms with Crippen LogP contribution in [0.4, 0.5) is 0 Å². The third kappa shape index (κ3) is 4.17. The van der Waals surface area contributed by atoms with Gasteiger partial charge >= 0.3 is 0 Å². The molecule has 2 aliphatic rings. The van der Waals surface area contributed by atoms with Crippen LogP contribution in [0.25, 0.3) is 11.4 Å². The summed E-state index contributed by atoms with van der Waals surface area (Å²) in [6.07, 6.45) is 3.83. The molecule has 1 amide bonds. The molecule has 0 bridgehead atoms. The number of amides is 1. The number of nitrogens with zero attached hydrogens (tertiary/aromatic N) is 4. The summed E-state index contributed by atoms with van der Waals surface area (Å²) in [6.45, 7) is 5.94. The van der Waals surface area contributed by atoms with Crippen LogP contribution in [0.2, 0.25) is 0 Å². The van der Waals surface area contributed by atoms with E-state index in [1.54, 1.807) is 6.20 Å². The highest BCUT2D eigenvalue weighted by Gasteiger charge is 2.29. The minimum absolute atomic E-state index is 0.0692. The number of piperidine rings is 1. The second kappa shape index (κ2) is 8.40. The number of likely N-dealkylation sites (tertiary alicyclic amines) is 1. The number of carbonyl (C=O) groups is 1. The van der Waals surface area contributed by atoms with Crippen molar-refractivity contribution in [2.75, 3.05) is 37.7 Å². The Kier molecular flexibility index (Phi) is 5.74. The van der Waals surface area contributed by atoms with Crippen LogP contribution < -0.4 is 0 Å². The Bertz CT molecular complexity index is 784. The molecule has 0 saturated carbocycles. The first kappa shape index (κ1) is 18.4. The molecule has 0 spiro atoms. The van der Waals surface area contributed by atoms with E-state index >= 15 is 0 Å². The highest BCUT2D eigenvalue weighted by molar-refractivity contribution is 7.99. The Labute approximate surface area is 165 Å². The van der Waals surface area contributed by atoms with Gasteiger partial charge in [-0.3, -0.25) is 9.69 Å². The van der Waals surface area contributed by atoms with Gasteiger partial charge in [-0.05, 0) is 19.8 Å². The first-order valence-corrected chi connectivity index (χ1v) is 10.9. The quantitative estimate of drug-likeness (QED) is 0.816. The number of hydrogen-bond acceptors (Lipinski definition) is 5. The molecule has 1 aromatic heterocycles. The summed E-state index contributed by atoms with van der Waals surface area (Å²) < 4.78 is 0. The predicted molar refractivity (Wildman–Crippen MR) is 110 cm³/mol. The molecule has 0 N–H and O–H groups in total. The molecule has 0 aliphatic carbocycles. The van der Waals surface area contributed by atoms with Gasteiger partial charge in [0.2, 0.25) is 0 Å².